The molecule has 68 heavy (non-hydrogen) atoms. The molecule has 12 aromatic rings. The molecule has 0 fully saturated rings. The van der Waals surface area contributed by atoms with Crippen molar-refractivity contribution in [3.05, 3.63) is 265 Å². The number of nitrogens with two attached hydrogens (primary N) is 1. The highest BCUT2D eigenvalue weighted by molar-refractivity contribution is 6.16. The van der Waals surface area contributed by atoms with E-state index >= 15 is 0 Å². The van der Waals surface area contributed by atoms with Gasteiger partial charge in [0.2, 0.25) is 0 Å². The van der Waals surface area contributed by atoms with Gasteiger partial charge in [-0.15, -0.1) is 0 Å². The lowest BCUT2D eigenvalue weighted by atomic mass is 9.89. The zero-order valence-electron chi connectivity index (χ0n) is 37.6. The minimum Gasteiger partial charge on any atom is -0.383 e. The van der Waals surface area contributed by atoms with Crippen molar-refractivity contribution in [2.45, 2.75) is 6.92 Å². The van der Waals surface area contributed by atoms with Crippen LogP contribution in [0.15, 0.2) is 254 Å². The fourth-order valence-corrected chi connectivity index (χ4v) is 9.58. The van der Waals surface area contributed by atoms with Gasteiger partial charge in [-0.25, -0.2) is 4.99 Å². The van der Waals surface area contributed by atoms with Crippen LogP contribution in [0.4, 0.5) is 0 Å². The molecular weight excluding hydrogens is 827 g/mol. The second kappa shape index (κ2) is 18.1. The Kier molecular flexibility index (Phi) is 11.1. The van der Waals surface area contributed by atoms with Crippen LogP contribution in [0.25, 0.3) is 88.4 Å². The molecule has 3 N–H and O–H groups in total. The molecule has 0 amide bonds. The molecule has 324 valence electrons. The van der Waals surface area contributed by atoms with Gasteiger partial charge in [-0.3, -0.25) is 5.41 Å². The van der Waals surface area contributed by atoms with Crippen LogP contribution in [0.3, 0.4) is 0 Å². The average Bonchev–Trinajstić information content (AvgIpc) is 3.92. The Hall–Kier alpha value is -9.06. The molecule has 0 atom stereocenters. The van der Waals surface area contributed by atoms with Crippen LogP contribution < -0.4 is 5.73 Å². The number of rotatable bonds is 7. The van der Waals surface area contributed by atoms with E-state index in [0.29, 0.717) is 5.56 Å². The van der Waals surface area contributed by atoms with E-state index in [2.05, 4.69) is 216 Å². The van der Waals surface area contributed by atoms with Crippen molar-refractivity contribution < 1.29 is 0 Å². The van der Waals surface area contributed by atoms with E-state index in [1.165, 1.54) is 16.3 Å². The molecule has 0 saturated carbocycles. The van der Waals surface area contributed by atoms with Crippen molar-refractivity contribution >= 4 is 55.3 Å². The van der Waals surface area contributed by atoms with Gasteiger partial charge in [-0.2, -0.15) is 0 Å². The Bertz CT molecular complexity index is 3650. The van der Waals surface area contributed by atoms with E-state index in [9.17, 15) is 0 Å². The molecule has 0 spiro atoms. The number of aryl methyl sites for hydroxylation is 1. The van der Waals surface area contributed by atoms with Crippen molar-refractivity contribution in [1.82, 2.24) is 9.13 Å². The summed E-state index contributed by atoms with van der Waals surface area (Å²) >= 11 is 0. The van der Waals surface area contributed by atoms with Crippen LogP contribution in [-0.4, -0.2) is 20.8 Å². The third-order valence-corrected chi connectivity index (χ3v) is 12.7. The van der Waals surface area contributed by atoms with E-state index in [4.69, 9.17) is 16.1 Å². The summed E-state index contributed by atoms with van der Waals surface area (Å²) in [7, 11) is 0. The van der Waals surface area contributed by atoms with Crippen molar-refractivity contribution in [2.75, 3.05) is 0 Å². The smallest absolute Gasteiger partial charge is 0.154 e. The van der Waals surface area contributed by atoms with Crippen LogP contribution in [0.5, 0.6) is 0 Å². The molecule has 0 aliphatic rings. The van der Waals surface area contributed by atoms with E-state index in [1.54, 1.807) is 0 Å². The first kappa shape index (κ1) is 41.6. The SMILES string of the molecule is Cc1ccccc1.N=C(N=C(N)c1ccc(-n2c3ccccc3c3ccccc32)c(-n2c3ccccc3c3ccccc32)c1-c1cc(-c2ccccc2)cc(-c2ccccc2)c1)c1ccccc1. The largest absolute Gasteiger partial charge is 0.383 e. The second-order valence-electron chi connectivity index (χ2n) is 17.0. The van der Waals surface area contributed by atoms with Gasteiger partial charge in [-0.05, 0) is 89.3 Å². The highest BCUT2D eigenvalue weighted by Gasteiger charge is 2.26. The fourth-order valence-electron chi connectivity index (χ4n) is 9.58. The molecule has 0 unspecified atom stereocenters. The summed E-state index contributed by atoms with van der Waals surface area (Å²) in [4.78, 5) is 4.87. The molecule has 0 radical (unpaired) electrons. The molecule has 5 heteroatoms. The Morgan fingerprint density at radius 2 is 0.779 bits per heavy atom. The van der Waals surface area contributed by atoms with Gasteiger partial charge in [0, 0.05) is 38.2 Å². The number of nitrogens with one attached hydrogen (secondary N) is 1. The number of aromatic nitrogens is 2. The summed E-state index contributed by atoms with van der Waals surface area (Å²) in [6.07, 6.45) is 0. The molecule has 0 aliphatic heterocycles. The van der Waals surface area contributed by atoms with Crippen molar-refractivity contribution in [3.63, 3.8) is 0 Å². The topological polar surface area (TPSA) is 72.1 Å². The summed E-state index contributed by atoms with van der Waals surface area (Å²) in [6.45, 7) is 2.08. The van der Waals surface area contributed by atoms with Crippen molar-refractivity contribution in [1.29, 1.82) is 5.41 Å². The first-order chi connectivity index (χ1) is 33.5. The van der Waals surface area contributed by atoms with E-state index in [0.717, 1.165) is 83.2 Å². The summed E-state index contributed by atoms with van der Waals surface area (Å²) < 4.78 is 4.81. The number of nitrogens with zero attached hydrogens (tertiary/aromatic N) is 3. The predicted molar refractivity (Wildman–Crippen MR) is 287 cm³/mol. The van der Waals surface area contributed by atoms with Crippen molar-refractivity contribution in [3.8, 4) is 44.8 Å². The predicted octanol–water partition coefficient (Wildman–Crippen LogP) is 15.6. The first-order valence-electron chi connectivity index (χ1n) is 22.9. The molecular formula is C63H47N5. The summed E-state index contributed by atoms with van der Waals surface area (Å²) in [5.41, 5.74) is 22.5. The molecule has 0 saturated heterocycles. The lowest BCUT2D eigenvalue weighted by Crippen LogP contribution is -2.19. The lowest BCUT2D eigenvalue weighted by Gasteiger charge is -2.24. The molecule has 12 rings (SSSR count). The number of hydrogen-bond donors (Lipinski definition) is 2. The van der Waals surface area contributed by atoms with Crippen LogP contribution in [0, 0.1) is 12.3 Å². The minimum atomic E-state index is 0.0944. The monoisotopic (exact) mass is 873 g/mol. The highest BCUT2D eigenvalue weighted by atomic mass is 15.1. The van der Waals surface area contributed by atoms with Crippen LogP contribution in [-0.2, 0) is 0 Å². The quantitative estimate of drug-likeness (QED) is 0.122. The van der Waals surface area contributed by atoms with E-state index < -0.39 is 0 Å². The number of para-hydroxylation sites is 4. The first-order valence-corrected chi connectivity index (χ1v) is 22.9. The van der Waals surface area contributed by atoms with Gasteiger partial charge in [0.25, 0.3) is 0 Å². The fraction of sp³-hybridized carbons (Fsp3) is 0.0159. The van der Waals surface area contributed by atoms with Gasteiger partial charge in [0.1, 0.15) is 5.84 Å². The number of hydrogen-bond acceptors (Lipinski definition) is 1. The van der Waals surface area contributed by atoms with Gasteiger partial charge in [0.15, 0.2) is 5.84 Å². The van der Waals surface area contributed by atoms with Gasteiger partial charge in [0.05, 0.1) is 33.4 Å². The Balaban J connectivity index is 0.000000667. The zero-order valence-corrected chi connectivity index (χ0v) is 37.6. The highest BCUT2D eigenvalue weighted by Crippen LogP contribution is 2.45. The Morgan fingerprint density at radius 1 is 0.397 bits per heavy atom. The number of benzene rings is 10. The average molecular weight is 874 g/mol. The van der Waals surface area contributed by atoms with E-state index in [1.807, 2.05) is 48.5 Å². The summed E-state index contributed by atoms with van der Waals surface area (Å²) in [6, 6.07) is 86.6. The maximum atomic E-state index is 9.15. The normalized spacial score (nSPS) is 11.5. The lowest BCUT2D eigenvalue weighted by molar-refractivity contribution is 1.09. The number of aliphatic imine (C=N–C) groups is 1. The van der Waals surface area contributed by atoms with Crippen LogP contribution in [0.2, 0.25) is 0 Å². The standard InChI is InChI=1S/C56H39N5.C7H8/c57-55(39-22-8-3-9-23-39)59-56(58)47-32-33-52(60-48-28-14-10-24-43(48)44-25-11-15-29-49(44)60)54(61-50-30-16-12-26-45(50)46-27-13-17-31-51(46)61)53(47)42-35-40(37-18-4-1-5-19-37)34-41(36-42)38-20-6-2-7-21-38;1-7-5-3-2-4-6-7/h1-36H,(H3,57,58,59);2-6H,1H3. The molecule has 0 bridgehead atoms. The molecule has 0 aliphatic carbocycles. The Morgan fingerprint density at radius 3 is 1.22 bits per heavy atom. The number of amidine groups is 2. The maximum absolute atomic E-state index is 9.15. The van der Waals surface area contributed by atoms with Crippen molar-refractivity contribution in [2.24, 2.45) is 10.7 Å². The molecule has 10 aromatic carbocycles. The summed E-state index contributed by atoms with van der Waals surface area (Å²) in [5, 5.41) is 13.8. The van der Waals surface area contributed by atoms with E-state index in [-0.39, 0.29) is 11.7 Å². The summed E-state index contributed by atoms with van der Waals surface area (Å²) in [5.74, 6) is 0.350. The third kappa shape index (κ3) is 7.72. The molecule has 2 aromatic heterocycles. The zero-order chi connectivity index (χ0) is 46.0. The minimum absolute atomic E-state index is 0.0944. The van der Waals surface area contributed by atoms with Gasteiger partial charge < -0.3 is 14.9 Å². The van der Waals surface area contributed by atoms with Crippen LogP contribution in [0.1, 0.15) is 16.7 Å². The Labute approximate surface area is 395 Å². The molecule has 5 nitrogen and oxygen atoms in total. The third-order valence-electron chi connectivity index (χ3n) is 12.7. The van der Waals surface area contributed by atoms with Gasteiger partial charge in [-0.1, -0.05) is 200 Å². The van der Waals surface area contributed by atoms with Gasteiger partial charge >= 0.3 is 0 Å². The maximum Gasteiger partial charge on any atom is 0.154 e. The van der Waals surface area contributed by atoms with Crippen LogP contribution >= 0.6 is 0 Å². The second-order valence-corrected chi connectivity index (χ2v) is 17.0. The molecule has 2 heterocycles. The number of fused-ring (bicyclic) bond motifs is 6.